The number of ether oxygens (including phenoxy) is 1. The summed E-state index contributed by atoms with van der Waals surface area (Å²) in [5, 5.41) is 2.61. The highest BCUT2D eigenvalue weighted by molar-refractivity contribution is 5.75. The second kappa shape index (κ2) is 8.38. The minimum Gasteiger partial charge on any atom is -0.372 e. The van der Waals surface area contributed by atoms with E-state index in [-0.39, 0.29) is 12.5 Å². The van der Waals surface area contributed by atoms with Gasteiger partial charge in [0.15, 0.2) is 0 Å². The smallest absolute Gasteiger partial charge is 0.372 e. The van der Waals surface area contributed by atoms with Crippen LogP contribution in [0.25, 0.3) is 0 Å². The van der Waals surface area contributed by atoms with Crippen molar-refractivity contribution in [3.63, 3.8) is 0 Å². The maximum Gasteiger partial charge on any atom is 0.411 e. The largest absolute Gasteiger partial charge is 0.411 e. The minimum atomic E-state index is -4.27. The van der Waals surface area contributed by atoms with Crippen LogP contribution in [0.5, 0.6) is 0 Å². The van der Waals surface area contributed by atoms with Crippen LogP contribution >= 0.6 is 0 Å². The van der Waals surface area contributed by atoms with Gasteiger partial charge in [-0.05, 0) is 12.8 Å². The molecule has 0 aliphatic rings. The Labute approximate surface area is 93.3 Å². The van der Waals surface area contributed by atoms with Crippen LogP contribution in [0.4, 0.5) is 13.2 Å². The number of rotatable bonds is 8. The van der Waals surface area contributed by atoms with Gasteiger partial charge in [0.1, 0.15) is 6.61 Å². The standard InChI is InChI=1S/C10H18F3NO2/c1-2-3-5-9(15)14-6-4-7-16-8-10(11,12)13/h2-8H2,1H3,(H,14,15). The van der Waals surface area contributed by atoms with Gasteiger partial charge in [0.2, 0.25) is 5.91 Å². The molecule has 0 saturated carbocycles. The van der Waals surface area contributed by atoms with Crippen molar-refractivity contribution in [1.29, 1.82) is 0 Å². The van der Waals surface area contributed by atoms with Crippen LogP contribution in [-0.2, 0) is 9.53 Å². The Kier molecular flexibility index (Phi) is 7.97. The first kappa shape index (κ1) is 15.2. The Morgan fingerprint density at radius 1 is 1.31 bits per heavy atom. The summed E-state index contributed by atoms with van der Waals surface area (Å²) in [4.78, 5) is 11.1. The highest BCUT2D eigenvalue weighted by Crippen LogP contribution is 2.14. The Balaban J connectivity index is 3.24. The highest BCUT2D eigenvalue weighted by Gasteiger charge is 2.27. The molecule has 0 rings (SSSR count). The molecule has 0 radical (unpaired) electrons. The lowest BCUT2D eigenvalue weighted by Gasteiger charge is -2.08. The Morgan fingerprint density at radius 2 is 2.00 bits per heavy atom. The van der Waals surface area contributed by atoms with E-state index in [9.17, 15) is 18.0 Å². The number of carbonyl (C=O) groups excluding carboxylic acids is 1. The number of halogens is 3. The van der Waals surface area contributed by atoms with Gasteiger partial charge in [-0.1, -0.05) is 13.3 Å². The van der Waals surface area contributed by atoms with Gasteiger partial charge < -0.3 is 10.1 Å². The molecule has 0 unspecified atom stereocenters. The second-order valence-electron chi connectivity index (χ2n) is 3.47. The molecule has 1 amide bonds. The maximum atomic E-state index is 11.6. The molecule has 16 heavy (non-hydrogen) atoms. The van der Waals surface area contributed by atoms with E-state index in [1.807, 2.05) is 6.92 Å². The molecule has 1 N–H and O–H groups in total. The lowest BCUT2D eigenvalue weighted by Crippen LogP contribution is -2.25. The summed E-state index contributed by atoms with van der Waals surface area (Å²) in [5.74, 6) is -0.0577. The van der Waals surface area contributed by atoms with E-state index in [0.717, 1.165) is 12.8 Å². The zero-order chi connectivity index (χ0) is 12.4. The van der Waals surface area contributed by atoms with Crippen LogP contribution in [0.15, 0.2) is 0 Å². The first-order valence-corrected chi connectivity index (χ1v) is 5.37. The SMILES string of the molecule is CCCCC(=O)NCCCOCC(F)(F)F. The molecule has 0 aromatic heterocycles. The zero-order valence-corrected chi connectivity index (χ0v) is 9.40. The quantitative estimate of drug-likeness (QED) is 0.662. The molecule has 0 bridgehead atoms. The monoisotopic (exact) mass is 241 g/mol. The molecule has 0 atom stereocenters. The molecular weight excluding hydrogens is 223 g/mol. The highest BCUT2D eigenvalue weighted by atomic mass is 19.4. The third-order valence-electron chi connectivity index (χ3n) is 1.81. The fourth-order valence-electron chi connectivity index (χ4n) is 1.02. The van der Waals surface area contributed by atoms with Crippen LogP contribution in [0.2, 0.25) is 0 Å². The summed E-state index contributed by atoms with van der Waals surface area (Å²) in [6.07, 6.45) is -1.63. The van der Waals surface area contributed by atoms with Crippen LogP contribution in [0.1, 0.15) is 32.6 Å². The lowest BCUT2D eigenvalue weighted by molar-refractivity contribution is -0.174. The molecule has 0 fully saturated rings. The van der Waals surface area contributed by atoms with Crippen molar-refractivity contribution in [3.8, 4) is 0 Å². The normalized spacial score (nSPS) is 11.5. The number of hydrogen-bond donors (Lipinski definition) is 1. The molecule has 96 valence electrons. The predicted octanol–water partition coefficient (Wildman–Crippen LogP) is 2.26. The number of carbonyl (C=O) groups is 1. The van der Waals surface area contributed by atoms with Crippen LogP contribution in [-0.4, -0.2) is 31.8 Å². The minimum absolute atomic E-state index is 0.00751. The first-order valence-electron chi connectivity index (χ1n) is 5.37. The van der Waals surface area contributed by atoms with Crippen molar-refractivity contribution in [1.82, 2.24) is 5.32 Å². The molecule has 6 heteroatoms. The molecule has 0 aliphatic heterocycles. The Bertz CT molecular complexity index is 195. The van der Waals surface area contributed by atoms with Gasteiger partial charge in [0, 0.05) is 19.6 Å². The molecular formula is C10H18F3NO2. The van der Waals surface area contributed by atoms with Gasteiger partial charge in [-0.2, -0.15) is 13.2 Å². The molecule has 0 saturated heterocycles. The second-order valence-corrected chi connectivity index (χ2v) is 3.47. The zero-order valence-electron chi connectivity index (χ0n) is 9.40. The summed E-state index contributed by atoms with van der Waals surface area (Å²) in [5.41, 5.74) is 0. The van der Waals surface area contributed by atoms with Gasteiger partial charge in [-0.15, -0.1) is 0 Å². The lowest BCUT2D eigenvalue weighted by atomic mass is 10.2. The summed E-state index contributed by atoms with van der Waals surface area (Å²) in [7, 11) is 0. The molecule has 0 spiro atoms. The van der Waals surface area contributed by atoms with Crippen LogP contribution < -0.4 is 5.32 Å². The van der Waals surface area contributed by atoms with Crippen LogP contribution in [0.3, 0.4) is 0 Å². The predicted molar refractivity (Wildman–Crippen MR) is 54.0 cm³/mol. The fourth-order valence-corrected chi connectivity index (χ4v) is 1.02. The average molecular weight is 241 g/mol. The van der Waals surface area contributed by atoms with Crippen molar-refractivity contribution >= 4 is 5.91 Å². The number of amides is 1. The van der Waals surface area contributed by atoms with Gasteiger partial charge in [0.25, 0.3) is 0 Å². The number of nitrogens with one attached hydrogen (secondary N) is 1. The van der Waals surface area contributed by atoms with Crippen molar-refractivity contribution in [3.05, 3.63) is 0 Å². The van der Waals surface area contributed by atoms with Crippen molar-refractivity contribution in [2.75, 3.05) is 19.8 Å². The van der Waals surface area contributed by atoms with Crippen molar-refractivity contribution in [2.45, 2.75) is 38.8 Å². The summed E-state index contributed by atoms with van der Waals surface area (Å²) < 4.78 is 39.3. The van der Waals surface area contributed by atoms with Gasteiger partial charge >= 0.3 is 6.18 Å². The third kappa shape index (κ3) is 11.3. The summed E-state index contributed by atoms with van der Waals surface area (Å²) >= 11 is 0. The number of hydrogen-bond acceptors (Lipinski definition) is 2. The van der Waals surface area contributed by atoms with Crippen molar-refractivity contribution < 1.29 is 22.7 Å². The van der Waals surface area contributed by atoms with E-state index >= 15 is 0 Å². The van der Waals surface area contributed by atoms with Crippen molar-refractivity contribution in [2.24, 2.45) is 0 Å². The molecule has 0 aromatic carbocycles. The van der Waals surface area contributed by atoms with Gasteiger partial charge in [0.05, 0.1) is 0 Å². The topological polar surface area (TPSA) is 38.3 Å². The summed E-state index contributed by atoms with van der Waals surface area (Å²) in [6.45, 7) is 1.13. The Hall–Kier alpha value is -0.780. The van der Waals surface area contributed by atoms with E-state index in [0.29, 0.717) is 19.4 Å². The van der Waals surface area contributed by atoms with E-state index in [1.54, 1.807) is 0 Å². The van der Waals surface area contributed by atoms with E-state index in [4.69, 9.17) is 0 Å². The Morgan fingerprint density at radius 3 is 2.56 bits per heavy atom. The van der Waals surface area contributed by atoms with E-state index < -0.39 is 12.8 Å². The summed E-state index contributed by atoms with van der Waals surface area (Å²) in [6, 6.07) is 0. The molecule has 0 heterocycles. The van der Waals surface area contributed by atoms with Gasteiger partial charge in [-0.25, -0.2) is 0 Å². The molecule has 0 aromatic rings. The maximum absolute atomic E-state index is 11.6. The first-order chi connectivity index (χ1) is 7.45. The van der Waals surface area contributed by atoms with E-state index in [2.05, 4.69) is 10.1 Å². The molecule has 0 aliphatic carbocycles. The van der Waals surface area contributed by atoms with Crippen LogP contribution in [0, 0.1) is 0 Å². The third-order valence-corrected chi connectivity index (χ3v) is 1.81. The molecule has 3 nitrogen and oxygen atoms in total. The fraction of sp³-hybridized carbons (Fsp3) is 0.900. The number of unbranched alkanes of at least 4 members (excludes halogenated alkanes) is 1. The van der Waals surface area contributed by atoms with Gasteiger partial charge in [-0.3, -0.25) is 4.79 Å². The number of alkyl halides is 3. The van der Waals surface area contributed by atoms with E-state index in [1.165, 1.54) is 0 Å². The average Bonchev–Trinajstić information content (AvgIpc) is 2.18.